The third-order valence-electron chi connectivity index (χ3n) is 15.6. The van der Waals surface area contributed by atoms with E-state index in [1.165, 1.54) is 231 Å². The molecule has 0 aliphatic carbocycles. The molecule has 0 aromatic carbocycles. The van der Waals surface area contributed by atoms with Crippen molar-refractivity contribution in [1.29, 1.82) is 0 Å². The number of carbonyl (C=O) groups excluding carboxylic acids is 3. The topological polar surface area (TPSA) is 78.9 Å². The van der Waals surface area contributed by atoms with Crippen LogP contribution in [0.4, 0.5) is 0 Å². The van der Waals surface area contributed by atoms with Crippen LogP contribution in [0.25, 0.3) is 0 Å². The van der Waals surface area contributed by atoms with E-state index in [0.717, 1.165) is 77.0 Å². The average Bonchev–Trinajstić information content (AvgIpc) is 3.49. The lowest BCUT2D eigenvalue weighted by Gasteiger charge is -2.18. The highest BCUT2D eigenvalue weighted by Gasteiger charge is 2.19. The van der Waals surface area contributed by atoms with Crippen molar-refractivity contribution in [3.8, 4) is 0 Å². The second-order valence-corrected chi connectivity index (χ2v) is 23.8. The quantitative estimate of drug-likeness (QED) is 0.0261. The summed E-state index contributed by atoms with van der Waals surface area (Å²) in [6, 6.07) is 0. The minimum atomic E-state index is -0.809. The van der Waals surface area contributed by atoms with Gasteiger partial charge in [0, 0.05) is 19.3 Å². The molecule has 6 heteroatoms. The molecule has 0 aromatic rings. The van der Waals surface area contributed by atoms with E-state index >= 15 is 0 Å². The van der Waals surface area contributed by atoms with Gasteiger partial charge in [0.2, 0.25) is 0 Å². The smallest absolute Gasteiger partial charge is 0.306 e. The number of unbranched alkanes of at least 4 members (excludes halogenated alkanes) is 38. The maximum absolute atomic E-state index is 12.9. The molecular weight excluding hydrogens is 1020 g/mol. The van der Waals surface area contributed by atoms with Gasteiger partial charge in [0.1, 0.15) is 13.2 Å². The molecule has 6 nitrogen and oxygen atoms in total. The minimum absolute atomic E-state index is 0.0981. The average molecular weight is 1160 g/mol. The van der Waals surface area contributed by atoms with Gasteiger partial charge in [-0.15, -0.1) is 0 Å². The van der Waals surface area contributed by atoms with Crippen molar-refractivity contribution in [3.05, 3.63) is 97.2 Å². The van der Waals surface area contributed by atoms with Crippen molar-refractivity contribution >= 4 is 17.9 Å². The first-order chi connectivity index (χ1) is 41.0. The van der Waals surface area contributed by atoms with Gasteiger partial charge < -0.3 is 14.2 Å². The van der Waals surface area contributed by atoms with Crippen molar-refractivity contribution in [2.24, 2.45) is 0 Å². The summed E-state index contributed by atoms with van der Waals surface area (Å²) in [5.41, 5.74) is 0. The second-order valence-electron chi connectivity index (χ2n) is 23.8. The monoisotopic (exact) mass is 1160 g/mol. The Hall–Kier alpha value is -3.67. The lowest BCUT2D eigenvalue weighted by molar-refractivity contribution is -0.166. The highest BCUT2D eigenvalue weighted by Crippen LogP contribution is 2.17. The molecule has 0 aliphatic heterocycles. The van der Waals surface area contributed by atoms with Crippen molar-refractivity contribution in [3.63, 3.8) is 0 Å². The molecule has 0 N–H and O–H groups in total. The Balaban J connectivity index is 4.28. The fourth-order valence-electron chi connectivity index (χ4n) is 10.2. The van der Waals surface area contributed by atoms with Crippen LogP contribution >= 0.6 is 0 Å². The molecule has 0 bridgehead atoms. The first kappa shape index (κ1) is 79.3. The van der Waals surface area contributed by atoms with Gasteiger partial charge in [-0.25, -0.2) is 0 Å². The van der Waals surface area contributed by atoms with Crippen LogP contribution in [0.2, 0.25) is 0 Å². The second kappa shape index (κ2) is 70.8. The van der Waals surface area contributed by atoms with Crippen molar-refractivity contribution < 1.29 is 28.6 Å². The van der Waals surface area contributed by atoms with E-state index in [2.05, 4.69) is 112 Å². The van der Waals surface area contributed by atoms with E-state index in [-0.39, 0.29) is 37.5 Å². The summed E-state index contributed by atoms with van der Waals surface area (Å²) in [5, 5.41) is 0. The summed E-state index contributed by atoms with van der Waals surface area (Å²) in [6.07, 6.45) is 96.0. The third kappa shape index (κ3) is 69.0. The third-order valence-corrected chi connectivity index (χ3v) is 15.6. The minimum Gasteiger partial charge on any atom is -0.462 e. The van der Waals surface area contributed by atoms with Crippen LogP contribution < -0.4 is 0 Å². The van der Waals surface area contributed by atoms with Crippen molar-refractivity contribution in [2.45, 2.75) is 361 Å². The zero-order valence-corrected chi connectivity index (χ0v) is 54.9. The molecule has 0 saturated carbocycles. The Morgan fingerprint density at radius 2 is 0.494 bits per heavy atom. The largest absolute Gasteiger partial charge is 0.462 e. The molecule has 83 heavy (non-hydrogen) atoms. The molecule has 0 heterocycles. The Morgan fingerprint density at radius 1 is 0.253 bits per heavy atom. The fourth-order valence-corrected chi connectivity index (χ4v) is 10.2. The molecule has 0 amide bonds. The number of hydrogen-bond acceptors (Lipinski definition) is 6. The standard InChI is InChI=1S/C77H134O6/c1-4-7-10-13-16-19-22-25-27-29-31-33-35-36-37-38-39-40-42-43-45-47-49-52-55-58-61-64-67-70-76(79)82-73-74(72-81-75(78)69-66-63-60-57-54-51-24-21-18-15-12-9-6-3)83-77(80)71-68-65-62-59-56-53-50-48-46-44-41-34-32-30-28-26-23-20-17-14-11-8-5-2/h9,12,18,21-22,25,29-32,35-36,51,54,60,63,74H,4-8,10-11,13-17,19-20,23-24,26-28,33-34,37-50,52-53,55-59,61-62,64-73H2,1-3H3/b12-9-,21-18-,25-22-,31-29-,32-30-,36-35-,54-51-,63-60-. The van der Waals surface area contributed by atoms with Crippen molar-refractivity contribution in [2.75, 3.05) is 13.2 Å². The molecule has 0 aliphatic rings. The van der Waals surface area contributed by atoms with Crippen LogP contribution in [-0.2, 0) is 28.6 Å². The SMILES string of the molecule is CC/C=C\C/C=C\C/C=C\C/C=C\CCC(=O)OCC(COC(=O)CCCCCCCCCCCCCCCC/C=C\C/C=C\C/C=C\CCCCCCC)OC(=O)CCCCCCCCCCCCC/C=C\CCCCCCCCCC. The summed E-state index contributed by atoms with van der Waals surface area (Å²) >= 11 is 0. The summed E-state index contributed by atoms with van der Waals surface area (Å²) in [7, 11) is 0. The van der Waals surface area contributed by atoms with E-state index in [0.29, 0.717) is 19.3 Å². The maximum atomic E-state index is 12.9. The number of rotatable bonds is 65. The van der Waals surface area contributed by atoms with Crippen LogP contribution in [0.3, 0.4) is 0 Å². The molecule has 0 fully saturated rings. The predicted molar refractivity (Wildman–Crippen MR) is 362 cm³/mol. The molecule has 1 atom stereocenters. The van der Waals surface area contributed by atoms with Crippen LogP contribution in [-0.4, -0.2) is 37.2 Å². The van der Waals surface area contributed by atoms with Crippen LogP contribution in [0.5, 0.6) is 0 Å². The van der Waals surface area contributed by atoms with Gasteiger partial charge in [0.25, 0.3) is 0 Å². The normalized spacial score (nSPS) is 12.7. The molecule has 478 valence electrons. The van der Waals surface area contributed by atoms with Crippen LogP contribution in [0, 0.1) is 0 Å². The molecule has 0 radical (unpaired) electrons. The Morgan fingerprint density at radius 3 is 0.819 bits per heavy atom. The molecule has 1 unspecified atom stereocenters. The first-order valence-corrected chi connectivity index (χ1v) is 35.7. The number of hydrogen-bond donors (Lipinski definition) is 0. The number of esters is 3. The number of ether oxygens (including phenoxy) is 3. The molecule has 0 rings (SSSR count). The first-order valence-electron chi connectivity index (χ1n) is 35.7. The summed E-state index contributed by atoms with van der Waals surface area (Å²) in [4.78, 5) is 38.4. The van der Waals surface area contributed by atoms with Crippen LogP contribution in [0.1, 0.15) is 355 Å². The summed E-state index contributed by atoms with van der Waals surface area (Å²) < 4.78 is 16.9. The van der Waals surface area contributed by atoms with Crippen LogP contribution in [0.15, 0.2) is 97.2 Å². The fraction of sp³-hybridized carbons (Fsp3) is 0.753. The van der Waals surface area contributed by atoms with Gasteiger partial charge in [-0.2, -0.15) is 0 Å². The molecular formula is C77H134O6. The van der Waals surface area contributed by atoms with Gasteiger partial charge >= 0.3 is 17.9 Å². The van der Waals surface area contributed by atoms with Gasteiger partial charge in [-0.1, -0.05) is 323 Å². The van der Waals surface area contributed by atoms with E-state index in [4.69, 9.17) is 14.2 Å². The number of allylic oxidation sites excluding steroid dienone is 16. The van der Waals surface area contributed by atoms with Gasteiger partial charge in [-0.05, 0) is 109 Å². The van der Waals surface area contributed by atoms with Gasteiger partial charge in [-0.3, -0.25) is 14.4 Å². The van der Waals surface area contributed by atoms with Crippen molar-refractivity contribution in [1.82, 2.24) is 0 Å². The molecule has 0 saturated heterocycles. The highest BCUT2D eigenvalue weighted by atomic mass is 16.6. The zero-order chi connectivity index (χ0) is 59.9. The van der Waals surface area contributed by atoms with E-state index in [1.807, 2.05) is 6.08 Å². The van der Waals surface area contributed by atoms with Gasteiger partial charge in [0.05, 0.1) is 0 Å². The zero-order valence-electron chi connectivity index (χ0n) is 54.9. The highest BCUT2D eigenvalue weighted by molar-refractivity contribution is 5.71. The van der Waals surface area contributed by atoms with E-state index < -0.39 is 6.10 Å². The Bertz CT molecular complexity index is 1610. The Labute approximate surface area is 515 Å². The summed E-state index contributed by atoms with van der Waals surface area (Å²) in [6.45, 7) is 6.49. The van der Waals surface area contributed by atoms with E-state index in [1.54, 1.807) is 0 Å². The molecule has 0 spiro atoms. The lowest BCUT2D eigenvalue weighted by atomic mass is 10.0. The maximum Gasteiger partial charge on any atom is 0.306 e. The molecule has 0 aromatic heterocycles. The Kier molecular flexibility index (Phi) is 67.7. The predicted octanol–water partition coefficient (Wildman–Crippen LogP) is 24.8. The van der Waals surface area contributed by atoms with Gasteiger partial charge in [0.15, 0.2) is 6.10 Å². The lowest BCUT2D eigenvalue weighted by Crippen LogP contribution is -2.30. The van der Waals surface area contributed by atoms with E-state index in [9.17, 15) is 14.4 Å². The summed E-state index contributed by atoms with van der Waals surface area (Å²) in [5.74, 6) is -0.970. The number of carbonyl (C=O) groups is 3.